The molecule has 0 unspecified atom stereocenters. The molecule has 1 nitrogen and oxygen atoms in total. The molecule has 1 aromatic carbocycles. The Morgan fingerprint density at radius 3 is 2.79 bits per heavy atom. The summed E-state index contributed by atoms with van der Waals surface area (Å²) in [5.41, 5.74) is 5.97. The van der Waals surface area contributed by atoms with E-state index in [2.05, 4.69) is 0 Å². The van der Waals surface area contributed by atoms with E-state index in [-0.39, 0.29) is 5.82 Å². The predicted octanol–water partition coefficient (Wildman–Crippen LogP) is 2.93. The summed E-state index contributed by atoms with van der Waals surface area (Å²) in [6.45, 7) is 0.625. The zero-order valence-corrected chi connectivity index (χ0v) is 8.60. The molecule has 0 bridgehead atoms. The maximum Gasteiger partial charge on any atom is 0.128 e. The Bertz CT molecular complexity index is 323. The quantitative estimate of drug-likeness (QED) is 0.765. The Kier molecular flexibility index (Phi) is 4.63. The maximum absolute atomic E-state index is 13.2. The second kappa shape index (κ2) is 5.78. The van der Waals surface area contributed by atoms with Crippen LogP contribution in [0.2, 0.25) is 5.02 Å². The van der Waals surface area contributed by atoms with Gasteiger partial charge < -0.3 is 5.73 Å². The topological polar surface area (TPSA) is 26.0 Å². The van der Waals surface area contributed by atoms with Gasteiger partial charge in [-0.15, -0.1) is 0 Å². The third-order valence-electron chi connectivity index (χ3n) is 1.85. The van der Waals surface area contributed by atoms with Crippen molar-refractivity contribution in [3.8, 4) is 0 Å². The number of hydrogen-bond donors (Lipinski definition) is 1. The molecule has 1 aromatic rings. The van der Waals surface area contributed by atoms with Crippen molar-refractivity contribution in [3.63, 3.8) is 0 Å². The predicted molar refractivity (Wildman–Crippen MR) is 57.9 cm³/mol. The molecular weight excluding hydrogens is 201 g/mol. The molecule has 0 heterocycles. The molecule has 0 aliphatic heterocycles. The summed E-state index contributed by atoms with van der Waals surface area (Å²) in [6.07, 6.45) is 5.28. The zero-order valence-electron chi connectivity index (χ0n) is 7.84. The standard InChI is InChI=1S/C11H13ClFN/c12-10-6-5-9(11(13)8-10)4-2-1-3-7-14/h1-2,5-6,8H,3-4,7,14H2/b2-1+. The Hall–Kier alpha value is -0.860. The van der Waals surface area contributed by atoms with Gasteiger partial charge in [-0.1, -0.05) is 29.8 Å². The highest BCUT2D eigenvalue weighted by molar-refractivity contribution is 6.30. The monoisotopic (exact) mass is 213 g/mol. The van der Waals surface area contributed by atoms with E-state index in [1.165, 1.54) is 6.07 Å². The van der Waals surface area contributed by atoms with Crippen LogP contribution in [0.15, 0.2) is 30.4 Å². The number of nitrogens with two attached hydrogens (primary N) is 1. The van der Waals surface area contributed by atoms with Gasteiger partial charge in [0.05, 0.1) is 0 Å². The fraction of sp³-hybridized carbons (Fsp3) is 0.273. The molecule has 14 heavy (non-hydrogen) atoms. The van der Waals surface area contributed by atoms with Crippen LogP contribution in [0.25, 0.3) is 0 Å². The minimum Gasteiger partial charge on any atom is -0.330 e. The fourth-order valence-corrected chi connectivity index (χ4v) is 1.27. The van der Waals surface area contributed by atoms with Crippen LogP contribution in [0.4, 0.5) is 4.39 Å². The van der Waals surface area contributed by atoms with E-state index >= 15 is 0 Å². The molecule has 0 aliphatic carbocycles. The van der Waals surface area contributed by atoms with Gasteiger partial charge in [0.2, 0.25) is 0 Å². The van der Waals surface area contributed by atoms with Gasteiger partial charge in [-0.05, 0) is 37.1 Å². The van der Waals surface area contributed by atoms with Crippen LogP contribution in [0.3, 0.4) is 0 Å². The lowest BCUT2D eigenvalue weighted by molar-refractivity contribution is 0.615. The molecule has 0 saturated heterocycles. The van der Waals surface area contributed by atoms with Crippen molar-refractivity contribution in [2.45, 2.75) is 12.8 Å². The average Bonchev–Trinajstić information content (AvgIpc) is 2.15. The molecule has 0 saturated carbocycles. The number of benzene rings is 1. The summed E-state index contributed by atoms with van der Waals surface area (Å²) in [6, 6.07) is 4.72. The van der Waals surface area contributed by atoms with Crippen LogP contribution in [0.1, 0.15) is 12.0 Å². The van der Waals surface area contributed by atoms with E-state index in [1.54, 1.807) is 12.1 Å². The lowest BCUT2D eigenvalue weighted by Gasteiger charge is -1.99. The Balaban J connectivity index is 2.59. The molecule has 0 aromatic heterocycles. The van der Waals surface area contributed by atoms with Crippen LogP contribution in [-0.2, 0) is 6.42 Å². The molecule has 0 spiro atoms. The summed E-state index contributed by atoms with van der Waals surface area (Å²) >= 11 is 5.63. The highest BCUT2D eigenvalue weighted by Crippen LogP contribution is 2.15. The van der Waals surface area contributed by atoms with E-state index in [0.717, 1.165) is 6.42 Å². The van der Waals surface area contributed by atoms with E-state index in [4.69, 9.17) is 17.3 Å². The summed E-state index contributed by atoms with van der Waals surface area (Å²) in [4.78, 5) is 0. The summed E-state index contributed by atoms with van der Waals surface area (Å²) in [5.74, 6) is -0.255. The second-order valence-electron chi connectivity index (χ2n) is 2.99. The minimum atomic E-state index is -0.255. The van der Waals surface area contributed by atoms with Crippen molar-refractivity contribution >= 4 is 11.6 Å². The Morgan fingerprint density at radius 1 is 1.36 bits per heavy atom. The number of halogens is 2. The molecule has 0 fully saturated rings. The summed E-state index contributed by atoms with van der Waals surface area (Å²) in [7, 11) is 0. The number of rotatable bonds is 4. The minimum absolute atomic E-state index is 0.255. The molecule has 3 heteroatoms. The third kappa shape index (κ3) is 3.48. The van der Waals surface area contributed by atoms with E-state index in [9.17, 15) is 4.39 Å². The Morgan fingerprint density at radius 2 is 2.14 bits per heavy atom. The SMILES string of the molecule is NCC/C=C/Cc1ccc(Cl)cc1F. The largest absolute Gasteiger partial charge is 0.330 e. The first-order valence-corrected chi connectivity index (χ1v) is 4.91. The molecule has 0 aliphatic rings. The molecule has 0 radical (unpaired) electrons. The van der Waals surface area contributed by atoms with E-state index in [0.29, 0.717) is 23.6 Å². The maximum atomic E-state index is 13.2. The highest BCUT2D eigenvalue weighted by atomic mass is 35.5. The summed E-state index contributed by atoms with van der Waals surface area (Å²) < 4.78 is 13.2. The first-order valence-electron chi connectivity index (χ1n) is 4.53. The molecule has 1 rings (SSSR count). The molecule has 2 N–H and O–H groups in total. The van der Waals surface area contributed by atoms with E-state index < -0.39 is 0 Å². The van der Waals surface area contributed by atoms with Gasteiger partial charge in [-0.3, -0.25) is 0 Å². The molecular formula is C11H13ClFN. The van der Waals surface area contributed by atoms with Gasteiger partial charge in [0.1, 0.15) is 5.82 Å². The van der Waals surface area contributed by atoms with Gasteiger partial charge >= 0.3 is 0 Å². The first kappa shape index (κ1) is 11.2. The average molecular weight is 214 g/mol. The Labute approximate surface area is 88.4 Å². The molecule has 0 amide bonds. The van der Waals surface area contributed by atoms with Gasteiger partial charge in [0.25, 0.3) is 0 Å². The van der Waals surface area contributed by atoms with Crippen molar-refractivity contribution in [2.75, 3.05) is 6.54 Å². The van der Waals surface area contributed by atoms with Crippen molar-refractivity contribution in [2.24, 2.45) is 5.73 Å². The van der Waals surface area contributed by atoms with Crippen LogP contribution in [0.5, 0.6) is 0 Å². The first-order chi connectivity index (χ1) is 6.74. The second-order valence-corrected chi connectivity index (χ2v) is 3.43. The summed E-state index contributed by atoms with van der Waals surface area (Å²) in [5, 5.41) is 0.428. The fourth-order valence-electron chi connectivity index (χ4n) is 1.11. The van der Waals surface area contributed by atoms with Crippen molar-refractivity contribution in [1.29, 1.82) is 0 Å². The van der Waals surface area contributed by atoms with Gasteiger partial charge in [-0.25, -0.2) is 4.39 Å². The lowest BCUT2D eigenvalue weighted by Crippen LogP contribution is -1.95. The van der Waals surface area contributed by atoms with Crippen LogP contribution in [0, 0.1) is 5.82 Å². The number of allylic oxidation sites excluding steroid dienone is 1. The normalized spacial score (nSPS) is 11.1. The van der Waals surface area contributed by atoms with Crippen molar-refractivity contribution in [3.05, 3.63) is 46.8 Å². The number of hydrogen-bond acceptors (Lipinski definition) is 1. The van der Waals surface area contributed by atoms with Gasteiger partial charge in [-0.2, -0.15) is 0 Å². The third-order valence-corrected chi connectivity index (χ3v) is 2.09. The zero-order chi connectivity index (χ0) is 10.4. The molecule has 76 valence electrons. The smallest absolute Gasteiger partial charge is 0.128 e. The molecule has 0 atom stereocenters. The van der Waals surface area contributed by atoms with Crippen LogP contribution in [-0.4, -0.2) is 6.54 Å². The van der Waals surface area contributed by atoms with Crippen molar-refractivity contribution < 1.29 is 4.39 Å². The van der Waals surface area contributed by atoms with Crippen LogP contribution >= 0.6 is 11.6 Å². The highest BCUT2D eigenvalue weighted by Gasteiger charge is 1.99. The van der Waals surface area contributed by atoms with Gasteiger partial charge in [0.15, 0.2) is 0 Å². The van der Waals surface area contributed by atoms with Crippen LogP contribution < -0.4 is 5.73 Å². The van der Waals surface area contributed by atoms with E-state index in [1.807, 2.05) is 12.2 Å². The lowest BCUT2D eigenvalue weighted by atomic mass is 10.1. The van der Waals surface area contributed by atoms with Gasteiger partial charge in [0, 0.05) is 5.02 Å². The van der Waals surface area contributed by atoms with Crippen molar-refractivity contribution in [1.82, 2.24) is 0 Å².